The zero-order valence-corrected chi connectivity index (χ0v) is 13.5. The summed E-state index contributed by atoms with van der Waals surface area (Å²) in [6.45, 7) is 1.95. The number of amides is 1. The number of benzene rings is 1. The van der Waals surface area contributed by atoms with Crippen molar-refractivity contribution < 1.29 is 9.21 Å². The van der Waals surface area contributed by atoms with Gasteiger partial charge < -0.3 is 9.73 Å². The van der Waals surface area contributed by atoms with Crippen molar-refractivity contribution in [3.8, 4) is 0 Å². The highest BCUT2D eigenvalue weighted by atomic mass is 79.9. The lowest BCUT2D eigenvalue weighted by atomic mass is 10.1. The summed E-state index contributed by atoms with van der Waals surface area (Å²) in [5.41, 5.74) is 0.620. The maximum atomic E-state index is 12.1. The number of hydrogen-bond donors (Lipinski definition) is 1. The Morgan fingerprint density at radius 3 is 2.79 bits per heavy atom. The van der Waals surface area contributed by atoms with E-state index in [0.717, 1.165) is 14.7 Å². The van der Waals surface area contributed by atoms with Crippen molar-refractivity contribution in [2.45, 2.75) is 19.4 Å². The molecule has 1 heterocycles. The number of nitrogens with one attached hydrogen (secondary N) is 1. The third kappa shape index (κ3) is 3.94. The Kier molecular flexibility index (Phi) is 4.82. The molecule has 1 unspecified atom stereocenters. The van der Waals surface area contributed by atoms with Gasteiger partial charge in [0, 0.05) is 21.4 Å². The first-order valence-corrected chi connectivity index (χ1v) is 7.43. The summed E-state index contributed by atoms with van der Waals surface area (Å²) in [6, 6.07) is 9.23. The molecule has 1 aromatic carbocycles. The van der Waals surface area contributed by atoms with Gasteiger partial charge in [-0.1, -0.05) is 15.9 Å². The highest BCUT2D eigenvalue weighted by molar-refractivity contribution is 9.11. The van der Waals surface area contributed by atoms with Crippen LogP contribution in [0.3, 0.4) is 0 Å². The van der Waals surface area contributed by atoms with Crippen LogP contribution in [0, 0.1) is 0 Å². The van der Waals surface area contributed by atoms with Crippen LogP contribution in [-0.2, 0) is 6.42 Å². The Bertz CT molecular complexity index is 567. The fourth-order valence-electron chi connectivity index (χ4n) is 1.76. The first kappa shape index (κ1) is 14.3. The second kappa shape index (κ2) is 6.39. The average Bonchev–Trinajstić information content (AvgIpc) is 2.81. The molecule has 1 atom stereocenters. The van der Waals surface area contributed by atoms with Gasteiger partial charge in [0.2, 0.25) is 0 Å². The van der Waals surface area contributed by atoms with Crippen LogP contribution in [0.15, 0.2) is 50.0 Å². The molecule has 2 aromatic rings. The Hall–Kier alpha value is -1.07. The number of furan rings is 1. The maximum absolute atomic E-state index is 12.1. The summed E-state index contributed by atoms with van der Waals surface area (Å²) >= 11 is 6.75. The number of carbonyl (C=O) groups is 1. The third-order valence-corrected chi connectivity index (χ3v) is 3.79. The lowest BCUT2D eigenvalue weighted by Crippen LogP contribution is -2.34. The molecule has 0 fully saturated rings. The van der Waals surface area contributed by atoms with Crippen LogP contribution in [0.5, 0.6) is 0 Å². The molecule has 1 N–H and O–H groups in total. The van der Waals surface area contributed by atoms with Crippen molar-refractivity contribution in [2.24, 2.45) is 0 Å². The first-order valence-electron chi connectivity index (χ1n) is 5.84. The number of halogens is 2. The minimum absolute atomic E-state index is 0.00852. The van der Waals surface area contributed by atoms with Crippen molar-refractivity contribution in [2.75, 3.05) is 0 Å². The molecule has 19 heavy (non-hydrogen) atoms. The number of rotatable bonds is 4. The van der Waals surface area contributed by atoms with Crippen molar-refractivity contribution in [1.82, 2.24) is 5.32 Å². The van der Waals surface area contributed by atoms with Gasteiger partial charge in [-0.15, -0.1) is 0 Å². The topological polar surface area (TPSA) is 42.2 Å². The molecule has 0 saturated heterocycles. The van der Waals surface area contributed by atoms with Crippen molar-refractivity contribution in [3.05, 3.63) is 56.9 Å². The quantitative estimate of drug-likeness (QED) is 0.856. The molecule has 1 amide bonds. The van der Waals surface area contributed by atoms with E-state index < -0.39 is 0 Å². The average molecular weight is 387 g/mol. The van der Waals surface area contributed by atoms with Crippen LogP contribution in [0.1, 0.15) is 23.0 Å². The molecule has 0 radical (unpaired) electrons. The van der Waals surface area contributed by atoms with E-state index in [1.807, 2.05) is 31.2 Å². The standard InChI is InChI=1S/C14H13Br2NO2/c1-9(7-11-3-2-6-19-11)17-14(18)12-5-4-10(15)8-13(12)16/h2-6,8-9H,7H2,1H3,(H,17,18). The molecule has 3 nitrogen and oxygen atoms in total. The molecule has 0 aliphatic carbocycles. The molecule has 0 bridgehead atoms. The summed E-state index contributed by atoms with van der Waals surface area (Å²) in [7, 11) is 0. The monoisotopic (exact) mass is 385 g/mol. The van der Waals surface area contributed by atoms with Crippen molar-refractivity contribution in [3.63, 3.8) is 0 Å². The van der Waals surface area contributed by atoms with Gasteiger partial charge in [0.15, 0.2) is 0 Å². The number of hydrogen-bond acceptors (Lipinski definition) is 2. The van der Waals surface area contributed by atoms with E-state index in [1.165, 1.54) is 0 Å². The predicted octanol–water partition coefficient (Wildman–Crippen LogP) is 4.17. The normalized spacial score (nSPS) is 12.2. The second-order valence-corrected chi connectivity index (χ2v) is 6.05. The summed E-state index contributed by atoms with van der Waals surface area (Å²) in [5, 5.41) is 2.95. The Morgan fingerprint density at radius 1 is 1.37 bits per heavy atom. The van der Waals surface area contributed by atoms with Crippen molar-refractivity contribution >= 4 is 37.8 Å². The minimum atomic E-state index is -0.0987. The van der Waals surface area contributed by atoms with Gasteiger partial charge in [-0.05, 0) is 53.2 Å². The van der Waals surface area contributed by atoms with Crippen LogP contribution in [0.2, 0.25) is 0 Å². The van der Waals surface area contributed by atoms with Crippen LogP contribution in [0.25, 0.3) is 0 Å². The molecule has 0 aliphatic heterocycles. The first-order chi connectivity index (χ1) is 9.06. The van der Waals surface area contributed by atoms with Crippen molar-refractivity contribution in [1.29, 1.82) is 0 Å². The summed E-state index contributed by atoms with van der Waals surface area (Å²) in [4.78, 5) is 12.1. The van der Waals surface area contributed by atoms with E-state index in [-0.39, 0.29) is 11.9 Å². The molecule has 100 valence electrons. The Morgan fingerprint density at radius 2 is 2.16 bits per heavy atom. The summed E-state index contributed by atoms with van der Waals surface area (Å²) in [6.07, 6.45) is 2.31. The molecule has 0 aliphatic rings. The fourth-order valence-corrected chi connectivity index (χ4v) is 2.98. The second-order valence-electron chi connectivity index (χ2n) is 4.28. The SMILES string of the molecule is CC(Cc1ccco1)NC(=O)c1ccc(Br)cc1Br. The highest BCUT2D eigenvalue weighted by Crippen LogP contribution is 2.22. The van der Waals surface area contributed by atoms with Crippen LogP contribution >= 0.6 is 31.9 Å². The predicted molar refractivity (Wildman–Crippen MR) is 81.2 cm³/mol. The van der Waals surface area contributed by atoms with Gasteiger partial charge in [-0.3, -0.25) is 4.79 Å². The molecule has 0 saturated carbocycles. The molecule has 0 spiro atoms. The van der Waals surface area contributed by atoms with Gasteiger partial charge in [0.05, 0.1) is 11.8 Å². The Balaban J connectivity index is 2.00. The van der Waals surface area contributed by atoms with E-state index >= 15 is 0 Å². The van der Waals surface area contributed by atoms with E-state index in [1.54, 1.807) is 12.3 Å². The van der Waals surface area contributed by atoms with E-state index in [0.29, 0.717) is 12.0 Å². The highest BCUT2D eigenvalue weighted by Gasteiger charge is 2.14. The van der Waals surface area contributed by atoms with E-state index in [9.17, 15) is 4.79 Å². The molecular formula is C14H13Br2NO2. The molecular weight excluding hydrogens is 374 g/mol. The van der Waals surface area contributed by atoms with Crippen LogP contribution < -0.4 is 5.32 Å². The Labute approximate surface area is 128 Å². The van der Waals surface area contributed by atoms with Crippen LogP contribution in [-0.4, -0.2) is 11.9 Å². The molecule has 2 rings (SSSR count). The zero-order valence-electron chi connectivity index (χ0n) is 10.3. The molecule has 5 heteroatoms. The maximum Gasteiger partial charge on any atom is 0.252 e. The lowest BCUT2D eigenvalue weighted by molar-refractivity contribution is 0.0938. The summed E-state index contributed by atoms with van der Waals surface area (Å²) in [5.74, 6) is 0.765. The van der Waals surface area contributed by atoms with Gasteiger partial charge in [-0.25, -0.2) is 0 Å². The zero-order chi connectivity index (χ0) is 13.8. The third-order valence-electron chi connectivity index (χ3n) is 2.64. The smallest absolute Gasteiger partial charge is 0.252 e. The summed E-state index contributed by atoms with van der Waals surface area (Å²) < 4.78 is 6.96. The van der Waals surface area contributed by atoms with E-state index in [2.05, 4.69) is 37.2 Å². The van der Waals surface area contributed by atoms with Crippen LogP contribution in [0.4, 0.5) is 0 Å². The lowest BCUT2D eigenvalue weighted by Gasteiger charge is -2.13. The van der Waals surface area contributed by atoms with E-state index in [4.69, 9.17) is 4.42 Å². The minimum Gasteiger partial charge on any atom is -0.469 e. The van der Waals surface area contributed by atoms with Gasteiger partial charge in [0.1, 0.15) is 5.76 Å². The largest absolute Gasteiger partial charge is 0.469 e. The van der Waals surface area contributed by atoms with Gasteiger partial charge in [-0.2, -0.15) is 0 Å². The molecule has 1 aromatic heterocycles. The van der Waals surface area contributed by atoms with Gasteiger partial charge in [0.25, 0.3) is 5.91 Å². The fraction of sp³-hybridized carbons (Fsp3) is 0.214. The van der Waals surface area contributed by atoms with Gasteiger partial charge >= 0.3 is 0 Å². The number of carbonyl (C=O) groups excluding carboxylic acids is 1.